The van der Waals surface area contributed by atoms with E-state index in [1.54, 1.807) is 0 Å². The second-order valence-electron chi connectivity index (χ2n) is 3.62. The van der Waals surface area contributed by atoms with E-state index in [1.807, 2.05) is 0 Å². The standard InChI is InChI=1S/C10H10BrF2N5/c11-7-5-9(14)6(4-8(7)13)10-15-16-17-18(10)3-1-2-12/h4-5H,1-3,14H2. The van der Waals surface area contributed by atoms with Gasteiger partial charge in [0.25, 0.3) is 0 Å². The van der Waals surface area contributed by atoms with E-state index in [4.69, 9.17) is 5.73 Å². The zero-order chi connectivity index (χ0) is 13.1. The highest BCUT2D eigenvalue weighted by Crippen LogP contribution is 2.29. The number of hydrogen-bond acceptors (Lipinski definition) is 4. The maximum Gasteiger partial charge on any atom is 0.184 e. The Hall–Kier alpha value is -1.57. The molecule has 0 bridgehead atoms. The van der Waals surface area contributed by atoms with Gasteiger partial charge in [0.2, 0.25) is 0 Å². The highest BCUT2D eigenvalue weighted by Gasteiger charge is 2.14. The van der Waals surface area contributed by atoms with Crippen LogP contribution in [0.25, 0.3) is 11.4 Å². The third-order valence-electron chi connectivity index (χ3n) is 2.37. The van der Waals surface area contributed by atoms with Gasteiger partial charge >= 0.3 is 0 Å². The first kappa shape index (κ1) is 12.9. The number of anilines is 1. The molecule has 1 aromatic heterocycles. The van der Waals surface area contributed by atoms with Gasteiger partial charge in [-0.2, -0.15) is 0 Å². The number of tetrazole rings is 1. The van der Waals surface area contributed by atoms with Crippen LogP contribution in [-0.2, 0) is 6.54 Å². The van der Waals surface area contributed by atoms with Crippen molar-refractivity contribution in [2.24, 2.45) is 0 Å². The van der Waals surface area contributed by atoms with Gasteiger partial charge in [-0.3, -0.25) is 4.39 Å². The van der Waals surface area contributed by atoms with Crippen molar-refractivity contribution in [3.63, 3.8) is 0 Å². The van der Waals surface area contributed by atoms with Crippen LogP contribution in [0.1, 0.15) is 6.42 Å². The quantitative estimate of drug-likeness (QED) is 0.877. The maximum atomic E-state index is 13.5. The molecule has 8 heteroatoms. The molecule has 0 radical (unpaired) electrons. The van der Waals surface area contributed by atoms with E-state index >= 15 is 0 Å². The van der Waals surface area contributed by atoms with Gasteiger partial charge in [0.15, 0.2) is 5.82 Å². The predicted molar refractivity (Wildman–Crippen MR) is 65.9 cm³/mol. The van der Waals surface area contributed by atoms with Crippen LogP contribution < -0.4 is 5.73 Å². The Balaban J connectivity index is 2.42. The van der Waals surface area contributed by atoms with Crippen LogP contribution in [-0.4, -0.2) is 26.9 Å². The summed E-state index contributed by atoms with van der Waals surface area (Å²) in [6, 6.07) is 2.69. The minimum absolute atomic E-state index is 0.270. The summed E-state index contributed by atoms with van der Waals surface area (Å²) >= 11 is 3.04. The summed E-state index contributed by atoms with van der Waals surface area (Å²) in [6.45, 7) is -0.153. The van der Waals surface area contributed by atoms with Crippen LogP contribution in [0.15, 0.2) is 16.6 Å². The zero-order valence-corrected chi connectivity index (χ0v) is 10.9. The Bertz CT molecular complexity index is 557. The zero-order valence-electron chi connectivity index (χ0n) is 9.28. The number of hydrogen-bond donors (Lipinski definition) is 1. The van der Waals surface area contributed by atoms with E-state index in [-0.39, 0.29) is 10.9 Å². The summed E-state index contributed by atoms with van der Waals surface area (Å²) in [6.07, 6.45) is 0.289. The Kier molecular flexibility index (Phi) is 3.85. The molecule has 0 atom stereocenters. The second kappa shape index (κ2) is 5.38. The molecule has 0 saturated carbocycles. The number of aromatic nitrogens is 4. The normalized spacial score (nSPS) is 10.8. The van der Waals surface area contributed by atoms with Crippen LogP contribution in [0.4, 0.5) is 14.5 Å². The number of halogens is 3. The number of nitrogen functional groups attached to an aromatic ring is 1. The summed E-state index contributed by atoms with van der Waals surface area (Å²) in [4.78, 5) is 0. The van der Waals surface area contributed by atoms with E-state index in [0.29, 0.717) is 23.6 Å². The molecule has 0 spiro atoms. The second-order valence-corrected chi connectivity index (χ2v) is 4.48. The topological polar surface area (TPSA) is 69.6 Å². The monoisotopic (exact) mass is 317 g/mol. The minimum Gasteiger partial charge on any atom is -0.398 e. The van der Waals surface area contributed by atoms with Crippen molar-refractivity contribution < 1.29 is 8.78 Å². The van der Waals surface area contributed by atoms with Crippen molar-refractivity contribution >= 4 is 21.6 Å². The SMILES string of the molecule is Nc1cc(Br)c(F)cc1-c1nnnn1CCCF. The van der Waals surface area contributed by atoms with Crippen molar-refractivity contribution in [3.05, 3.63) is 22.4 Å². The number of aryl methyl sites for hydroxylation is 1. The van der Waals surface area contributed by atoms with Gasteiger partial charge in [-0.1, -0.05) is 0 Å². The third-order valence-corrected chi connectivity index (χ3v) is 2.98. The summed E-state index contributed by atoms with van der Waals surface area (Å²) in [5, 5.41) is 11.0. The van der Waals surface area contributed by atoms with Gasteiger partial charge in [-0.15, -0.1) is 5.10 Å². The fraction of sp³-hybridized carbons (Fsp3) is 0.300. The fourth-order valence-corrected chi connectivity index (χ4v) is 1.87. The molecule has 0 aliphatic carbocycles. The Morgan fingerprint density at radius 3 is 2.89 bits per heavy atom. The van der Waals surface area contributed by atoms with Crippen molar-refractivity contribution in [2.75, 3.05) is 12.4 Å². The molecule has 5 nitrogen and oxygen atoms in total. The highest BCUT2D eigenvalue weighted by molar-refractivity contribution is 9.10. The molecular weight excluding hydrogens is 308 g/mol. The molecule has 0 fully saturated rings. The lowest BCUT2D eigenvalue weighted by molar-refractivity contribution is 0.432. The average molecular weight is 318 g/mol. The predicted octanol–water partition coefficient (Wildman–Crippen LogP) is 2.18. The first-order chi connectivity index (χ1) is 8.63. The van der Waals surface area contributed by atoms with Gasteiger partial charge in [-0.05, 0) is 44.9 Å². The lowest BCUT2D eigenvalue weighted by Gasteiger charge is -2.07. The Morgan fingerprint density at radius 2 is 2.17 bits per heavy atom. The first-order valence-corrected chi connectivity index (χ1v) is 6.00. The van der Waals surface area contributed by atoms with E-state index in [1.165, 1.54) is 16.8 Å². The molecule has 2 N–H and O–H groups in total. The van der Waals surface area contributed by atoms with E-state index in [9.17, 15) is 8.78 Å². The van der Waals surface area contributed by atoms with Crippen LogP contribution in [0.2, 0.25) is 0 Å². The minimum atomic E-state index is -0.469. The van der Waals surface area contributed by atoms with Crippen molar-refractivity contribution in [3.8, 4) is 11.4 Å². The van der Waals surface area contributed by atoms with Crippen molar-refractivity contribution in [2.45, 2.75) is 13.0 Å². The lowest BCUT2D eigenvalue weighted by Crippen LogP contribution is -2.05. The Labute approximate surface area is 110 Å². The molecule has 2 rings (SSSR count). The molecule has 1 heterocycles. The molecule has 0 aliphatic rings. The molecular formula is C10H10BrF2N5. The largest absolute Gasteiger partial charge is 0.398 e. The van der Waals surface area contributed by atoms with E-state index < -0.39 is 12.5 Å². The number of nitrogens with zero attached hydrogens (tertiary/aromatic N) is 4. The molecule has 2 aromatic rings. The van der Waals surface area contributed by atoms with Crippen LogP contribution in [0.5, 0.6) is 0 Å². The number of rotatable bonds is 4. The smallest absolute Gasteiger partial charge is 0.184 e. The van der Waals surface area contributed by atoms with Gasteiger partial charge in [0.05, 0.1) is 11.1 Å². The van der Waals surface area contributed by atoms with Gasteiger partial charge in [0, 0.05) is 17.8 Å². The van der Waals surface area contributed by atoms with Crippen LogP contribution in [0, 0.1) is 5.82 Å². The number of benzene rings is 1. The fourth-order valence-electron chi connectivity index (χ4n) is 1.51. The summed E-state index contributed by atoms with van der Waals surface area (Å²) < 4.78 is 27.3. The third kappa shape index (κ3) is 2.47. The van der Waals surface area contributed by atoms with Gasteiger partial charge < -0.3 is 5.73 Å². The van der Waals surface area contributed by atoms with Crippen molar-refractivity contribution in [1.29, 1.82) is 0 Å². The molecule has 18 heavy (non-hydrogen) atoms. The van der Waals surface area contributed by atoms with Crippen LogP contribution in [0.3, 0.4) is 0 Å². The Morgan fingerprint density at radius 1 is 1.39 bits per heavy atom. The summed E-state index contributed by atoms with van der Waals surface area (Å²) in [5.74, 6) is -0.133. The number of alkyl halides is 1. The number of nitrogens with two attached hydrogens (primary N) is 1. The molecule has 0 saturated heterocycles. The van der Waals surface area contributed by atoms with Gasteiger partial charge in [0.1, 0.15) is 5.82 Å². The van der Waals surface area contributed by atoms with E-state index in [0.717, 1.165) is 0 Å². The molecule has 1 aromatic carbocycles. The van der Waals surface area contributed by atoms with E-state index in [2.05, 4.69) is 31.5 Å². The highest BCUT2D eigenvalue weighted by atomic mass is 79.9. The lowest BCUT2D eigenvalue weighted by atomic mass is 10.1. The molecule has 0 amide bonds. The van der Waals surface area contributed by atoms with Crippen LogP contribution >= 0.6 is 15.9 Å². The van der Waals surface area contributed by atoms with Gasteiger partial charge in [-0.25, -0.2) is 9.07 Å². The molecule has 0 aliphatic heterocycles. The molecule has 96 valence electrons. The summed E-state index contributed by atoms with van der Waals surface area (Å²) in [5.41, 5.74) is 6.53. The maximum absolute atomic E-state index is 13.5. The van der Waals surface area contributed by atoms with Crippen molar-refractivity contribution in [1.82, 2.24) is 20.2 Å². The summed E-state index contributed by atoms with van der Waals surface area (Å²) in [7, 11) is 0. The average Bonchev–Trinajstić information content (AvgIpc) is 2.79. The first-order valence-electron chi connectivity index (χ1n) is 5.20. The molecule has 0 unspecified atom stereocenters.